The number of hydrogen-bond acceptors (Lipinski definition) is 3. The molecule has 0 unspecified atom stereocenters. The molecular formula is C49H91KO3S. The fourth-order valence-corrected chi connectivity index (χ4v) is 8.59. The minimum Gasteiger partial charge on any atom is -0.744 e. The topological polar surface area (TPSA) is 57.2 Å². The second-order valence-corrected chi connectivity index (χ2v) is 18.4. The van der Waals surface area contributed by atoms with E-state index in [1.54, 1.807) is 12.1 Å². The maximum absolute atomic E-state index is 11.0. The van der Waals surface area contributed by atoms with Crippen LogP contribution in [0.2, 0.25) is 0 Å². The summed E-state index contributed by atoms with van der Waals surface area (Å²) in [6, 6.07) is 6.42. The zero-order valence-electron chi connectivity index (χ0n) is 36.6. The van der Waals surface area contributed by atoms with E-state index in [0.29, 0.717) is 0 Å². The summed E-state index contributed by atoms with van der Waals surface area (Å²) in [5, 5.41) is 0. The Kier molecular flexibility index (Phi) is 44.0. The summed E-state index contributed by atoms with van der Waals surface area (Å²) < 4.78 is 33.1. The van der Waals surface area contributed by atoms with E-state index < -0.39 is 10.1 Å². The van der Waals surface area contributed by atoms with Gasteiger partial charge in [-0.1, -0.05) is 276 Å². The number of unbranched alkanes of at least 4 members (excludes halogenated alkanes) is 40. The first-order valence-corrected chi connectivity index (χ1v) is 25.5. The second-order valence-electron chi connectivity index (χ2n) is 17.0. The standard InChI is InChI=1S/C49H92O3S.K/c1-2-3-4-5-6-7-8-9-10-11-12-13-14-15-16-17-18-19-20-21-22-23-24-25-26-27-28-29-30-31-32-33-34-35-36-37-38-39-40-41-42-43-48-44-46-49(47-45-48)53(50,51)52;/h44-47H,2-43H2,1H3,(H,50,51,52);/q;+1/p-1. The molecule has 0 heterocycles. The summed E-state index contributed by atoms with van der Waals surface area (Å²) in [5.41, 5.74) is 1.11. The van der Waals surface area contributed by atoms with Crippen LogP contribution in [-0.4, -0.2) is 13.0 Å². The molecule has 0 saturated heterocycles. The predicted molar refractivity (Wildman–Crippen MR) is 233 cm³/mol. The molecule has 0 aromatic heterocycles. The van der Waals surface area contributed by atoms with Crippen molar-refractivity contribution in [3.63, 3.8) is 0 Å². The van der Waals surface area contributed by atoms with E-state index >= 15 is 0 Å². The van der Waals surface area contributed by atoms with Gasteiger partial charge in [-0.15, -0.1) is 0 Å². The van der Waals surface area contributed by atoms with E-state index in [1.807, 2.05) is 0 Å². The third kappa shape index (κ3) is 39.6. The van der Waals surface area contributed by atoms with Gasteiger partial charge in [0, 0.05) is 0 Å². The zero-order chi connectivity index (χ0) is 38.2. The van der Waals surface area contributed by atoms with Crippen molar-refractivity contribution in [2.45, 2.75) is 281 Å². The van der Waals surface area contributed by atoms with E-state index in [2.05, 4.69) is 6.92 Å². The van der Waals surface area contributed by atoms with E-state index in [9.17, 15) is 13.0 Å². The fourth-order valence-electron chi connectivity index (χ4n) is 8.12. The summed E-state index contributed by atoms with van der Waals surface area (Å²) in [5.74, 6) is 0. The Labute approximate surface area is 382 Å². The number of benzene rings is 1. The third-order valence-corrected chi connectivity index (χ3v) is 12.6. The summed E-state index contributed by atoms with van der Waals surface area (Å²) in [7, 11) is -4.33. The van der Waals surface area contributed by atoms with E-state index in [0.717, 1.165) is 18.4 Å². The molecule has 5 heteroatoms. The Morgan fingerprint density at radius 3 is 0.704 bits per heavy atom. The van der Waals surface area contributed by atoms with Gasteiger partial charge in [0.1, 0.15) is 10.1 Å². The van der Waals surface area contributed by atoms with Crippen LogP contribution in [0.5, 0.6) is 0 Å². The summed E-state index contributed by atoms with van der Waals surface area (Å²) in [6.07, 6.45) is 59.8. The average Bonchev–Trinajstić information content (AvgIpc) is 3.15. The first kappa shape index (κ1) is 54.8. The van der Waals surface area contributed by atoms with Crippen LogP contribution in [0.1, 0.15) is 276 Å². The van der Waals surface area contributed by atoms with Crippen molar-refractivity contribution in [3.8, 4) is 0 Å². The van der Waals surface area contributed by atoms with E-state index in [4.69, 9.17) is 0 Å². The van der Waals surface area contributed by atoms with E-state index in [-0.39, 0.29) is 56.3 Å². The van der Waals surface area contributed by atoms with Crippen LogP contribution in [-0.2, 0) is 16.5 Å². The Hall–Kier alpha value is 0.766. The van der Waals surface area contributed by atoms with E-state index in [1.165, 1.54) is 269 Å². The molecule has 1 aromatic rings. The molecule has 312 valence electrons. The first-order valence-electron chi connectivity index (χ1n) is 24.1. The maximum atomic E-state index is 11.0. The molecule has 1 aromatic carbocycles. The summed E-state index contributed by atoms with van der Waals surface area (Å²) in [4.78, 5) is -0.131. The molecule has 3 nitrogen and oxygen atoms in total. The van der Waals surface area contributed by atoms with Crippen molar-refractivity contribution in [1.29, 1.82) is 0 Å². The van der Waals surface area contributed by atoms with Crippen molar-refractivity contribution in [2.75, 3.05) is 0 Å². The number of hydrogen-bond donors (Lipinski definition) is 0. The Morgan fingerprint density at radius 1 is 0.333 bits per heavy atom. The Balaban J connectivity index is 0.0000281. The van der Waals surface area contributed by atoms with Gasteiger partial charge in [0.25, 0.3) is 0 Å². The molecule has 0 amide bonds. The molecule has 1 rings (SSSR count). The molecular weight excluding hydrogens is 708 g/mol. The zero-order valence-corrected chi connectivity index (χ0v) is 40.6. The van der Waals surface area contributed by atoms with Crippen molar-refractivity contribution < 1.29 is 64.4 Å². The van der Waals surface area contributed by atoms with Crippen LogP contribution >= 0.6 is 0 Å². The minimum atomic E-state index is -4.33. The SMILES string of the molecule is CCCCCCCCCCCCCCCCCCCCCCCCCCCCCCCCCCCCCCCCCCCc1ccc(S(=O)(=O)[O-])cc1.[K+]. The molecule has 0 saturated carbocycles. The van der Waals surface area contributed by atoms with Gasteiger partial charge in [-0.25, -0.2) is 8.42 Å². The van der Waals surface area contributed by atoms with Gasteiger partial charge in [-0.05, 0) is 30.5 Å². The minimum absolute atomic E-state index is 0. The van der Waals surface area contributed by atoms with Crippen LogP contribution in [0, 0.1) is 0 Å². The molecule has 0 bridgehead atoms. The molecule has 0 N–H and O–H groups in total. The molecule has 0 aliphatic rings. The molecule has 0 aliphatic carbocycles. The van der Waals surface area contributed by atoms with Gasteiger partial charge in [0.15, 0.2) is 0 Å². The van der Waals surface area contributed by atoms with Gasteiger partial charge >= 0.3 is 51.4 Å². The predicted octanol–water partition coefficient (Wildman–Crippen LogP) is 14.2. The molecule has 0 aliphatic heterocycles. The largest absolute Gasteiger partial charge is 1.00 e. The molecule has 0 fully saturated rings. The van der Waals surface area contributed by atoms with Crippen molar-refractivity contribution in [3.05, 3.63) is 29.8 Å². The van der Waals surface area contributed by atoms with Crippen LogP contribution < -0.4 is 51.4 Å². The molecule has 0 spiro atoms. The Bertz CT molecular complexity index is 964. The summed E-state index contributed by atoms with van der Waals surface area (Å²) >= 11 is 0. The smallest absolute Gasteiger partial charge is 0.744 e. The van der Waals surface area contributed by atoms with Gasteiger partial charge in [-0.2, -0.15) is 0 Å². The van der Waals surface area contributed by atoms with Crippen LogP contribution in [0.15, 0.2) is 29.2 Å². The van der Waals surface area contributed by atoms with Crippen LogP contribution in [0.25, 0.3) is 0 Å². The third-order valence-electron chi connectivity index (χ3n) is 11.8. The van der Waals surface area contributed by atoms with Gasteiger partial charge in [-0.3, -0.25) is 0 Å². The molecule has 0 radical (unpaired) electrons. The van der Waals surface area contributed by atoms with Gasteiger partial charge < -0.3 is 4.55 Å². The van der Waals surface area contributed by atoms with Gasteiger partial charge in [0.2, 0.25) is 0 Å². The second kappa shape index (κ2) is 43.3. The maximum Gasteiger partial charge on any atom is 1.00 e. The first-order chi connectivity index (χ1) is 26.0. The Morgan fingerprint density at radius 2 is 0.519 bits per heavy atom. The summed E-state index contributed by atoms with van der Waals surface area (Å²) in [6.45, 7) is 2.31. The van der Waals surface area contributed by atoms with Crippen molar-refractivity contribution in [1.82, 2.24) is 0 Å². The number of rotatable bonds is 43. The van der Waals surface area contributed by atoms with Gasteiger partial charge in [0.05, 0.1) is 4.90 Å². The molecule has 0 atom stereocenters. The normalized spacial score (nSPS) is 11.7. The monoisotopic (exact) mass is 799 g/mol. The van der Waals surface area contributed by atoms with Crippen LogP contribution in [0.3, 0.4) is 0 Å². The van der Waals surface area contributed by atoms with Crippen LogP contribution in [0.4, 0.5) is 0 Å². The quantitative estimate of drug-likeness (QED) is 0.0376. The van der Waals surface area contributed by atoms with Crippen molar-refractivity contribution in [2.24, 2.45) is 0 Å². The van der Waals surface area contributed by atoms with Crippen molar-refractivity contribution >= 4 is 10.1 Å². The average molecular weight is 799 g/mol. The number of aryl methyl sites for hydroxylation is 1. The molecule has 54 heavy (non-hydrogen) atoms. The fraction of sp³-hybridized carbons (Fsp3) is 0.878.